The number of halogens is 2. The first-order valence-corrected chi connectivity index (χ1v) is 5.68. The first-order chi connectivity index (χ1) is 8.13. The van der Waals surface area contributed by atoms with E-state index < -0.39 is 0 Å². The van der Waals surface area contributed by atoms with Crippen molar-refractivity contribution >= 4 is 28.9 Å². The first kappa shape index (κ1) is 13.9. The molecule has 3 nitrogen and oxygen atoms in total. The molecule has 0 fully saturated rings. The summed E-state index contributed by atoms with van der Waals surface area (Å²) in [6.45, 7) is 2.37. The molecule has 5 heteroatoms. The first-order valence-electron chi connectivity index (χ1n) is 4.93. The highest BCUT2D eigenvalue weighted by molar-refractivity contribution is 6.42. The number of nitrogens with zero attached hydrogens (tertiary/aromatic N) is 1. The normalized spacial score (nSPS) is 10.7. The molecule has 90 valence electrons. The van der Waals surface area contributed by atoms with Crippen LogP contribution in [0.3, 0.4) is 0 Å². The fourth-order valence-corrected chi connectivity index (χ4v) is 1.22. The number of oxime groups is 1. The molecule has 0 spiro atoms. The summed E-state index contributed by atoms with van der Waals surface area (Å²) in [5, 5.41) is 4.74. The third-order valence-electron chi connectivity index (χ3n) is 1.80. The zero-order chi connectivity index (χ0) is 12.7. The third-order valence-corrected chi connectivity index (χ3v) is 2.54. The molecule has 0 amide bonds. The smallest absolute Gasteiger partial charge is 0.177 e. The van der Waals surface area contributed by atoms with Gasteiger partial charge in [-0.1, -0.05) is 40.2 Å². The summed E-state index contributed by atoms with van der Waals surface area (Å²) in [6.07, 6.45) is 0. The van der Waals surface area contributed by atoms with Crippen molar-refractivity contribution in [3.8, 4) is 11.8 Å². The van der Waals surface area contributed by atoms with Crippen LogP contribution in [0, 0.1) is 11.8 Å². The van der Waals surface area contributed by atoms with E-state index in [9.17, 15) is 0 Å². The van der Waals surface area contributed by atoms with Gasteiger partial charge in [0.25, 0.3) is 0 Å². The Morgan fingerprint density at radius 2 is 2.18 bits per heavy atom. The van der Waals surface area contributed by atoms with E-state index >= 15 is 0 Å². The van der Waals surface area contributed by atoms with E-state index in [0.717, 1.165) is 11.3 Å². The Morgan fingerprint density at radius 3 is 2.82 bits per heavy atom. The highest BCUT2D eigenvalue weighted by atomic mass is 35.5. The Morgan fingerprint density at radius 1 is 1.41 bits per heavy atom. The van der Waals surface area contributed by atoms with Crippen LogP contribution in [0.5, 0.6) is 0 Å². The minimum Gasteiger partial charge on any atom is -0.383 e. The number of hydrogen-bond acceptors (Lipinski definition) is 3. The fourth-order valence-electron chi connectivity index (χ4n) is 0.924. The highest BCUT2D eigenvalue weighted by Crippen LogP contribution is 2.21. The molecule has 0 aliphatic carbocycles. The van der Waals surface area contributed by atoms with E-state index in [1.165, 1.54) is 0 Å². The molecule has 0 heterocycles. The van der Waals surface area contributed by atoms with Crippen LogP contribution >= 0.6 is 23.2 Å². The Kier molecular flexibility index (Phi) is 5.85. The standard InChI is InChI=1S/C12H12Cl2N2O/c1-9(8-15)16-17-6-2-3-10-4-5-11(13)12(14)7-10/h4-5,7H,6,8,15H2,1H3/b16-9+. The van der Waals surface area contributed by atoms with Gasteiger partial charge in [0.2, 0.25) is 0 Å². The van der Waals surface area contributed by atoms with E-state index in [4.69, 9.17) is 33.8 Å². The number of benzene rings is 1. The van der Waals surface area contributed by atoms with E-state index in [1.54, 1.807) is 25.1 Å². The molecule has 0 aromatic heterocycles. The molecule has 1 aromatic carbocycles. The summed E-state index contributed by atoms with van der Waals surface area (Å²) in [4.78, 5) is 4.94. The van der Waals surface area contributed by atoms with Crippen molar-refractivity contribution in [1.82, 2.24) is 0 Å². The zero-order valence-electron chi connectivity index (χ0n) is 9.34. The Hall–Kier alpha value is -1.21. The topological polar surface area (TPSA) is 47.6 Å². The second-order valence-corrected chi connectivity index (χ2v) is 4.05. The molecular weight excluding hydrogens is 259 g/mol. The summed E-state index contributed by atoms with van der Waals surface area (Å²) in [6, 6.07) is 5.19. The third kappa shape index (κ3) is 5.10. The molecular formula is C12H12Cl2N2O. The van der Waals surface area contributed by atoms with Gasteiger partial charge in [-0.2, -0.15) is 0 Å². The maximum absolute atomic E-state index is 5.85. The van der Waals surface area contributed by atoms with Crippen LogP contribution in [0.25, 0.3) is 0 Å². The van der Waals surface area contributed by atoms with E-state index in [2.05, 4.69) is 17.0 Å². The molecule has 0 atom stereocenters. The number of hydrogen-bond donors (Lipinski definition) is 1. The molecule has 0 aliphatic heterocycles. The lowest BCUT2D eigenvalue weighted by molar-refractivity contribution is 0.179. The van der Waals surface area contributed by atoms with Crippen molar-refractivity contribution in [1.29, 1.82) is 0 Å². The Bertz CT molecular complexity index is 475. The van der Waals surface area contributed by atoms with Crippen molar-refractivity contribution in [2.75, 3.05) is 13.2 Å². The monoisotopic (exact) mass is 270 g/mol. The van der Waals surface area contributed by atoms with Gasteiger partial charge in [0.1, 0.15) is 0 Å². The molecule has 0 bridgehead atoms. The van der Waals surface area contributed by atoms with Crippen LogP contribution in [0.2, 0.25) is 10.0 Å². The minimum absolute atomic E-state index is 0.206. The van der Waals surface area contributed by atoms with Gasteiger partial charge in [-0.25, -0.2) is 0 Å². The van der Waals surface area contributed by atoms with Crippen molar-refractivity contribution in [3.63, 3.8) is 0 Å². The van der Waals surface area contributed by atoms with E-state index in [-0.39, 0.29) is 6.61 Å². The largest absolute Gasteiger partial charge is 0.383 e. The molecule has 0 saturated heterocycles. The number of rotatable bonds is 3. The van der Waals surface area contributed by atoms with Crippen LogP contribution < -0.4 is 5.73 Å². The SMILES string of the molecule is C/C(CN)=N\OCC#Cc1ccc(Cl)c(Cl)c1. The maximum Gasteiger partial charge on any atom is 0.177 e. The van der Waals surface area contributed by atoms with E-state index in [0.29, 0.717) is 16.6 Å². The van der Waals surface area contributed by atoms with Gasteiger partial charge in [-0.3, -0.25) is 0 Å². The Labute approximate surface area is 111 Å². The minimum atomic E-state index is 0.206. The van der Waals surface area contributed by atoms with Gasteiger partial charge in [-0.15, -0.1) is 0 Å². The van der Waals surface area contributed by atoms with Crippen molar-refractivity contribution in [2.45, 2.75) is 6.92 Å². The summed E-state index contributed by atoms with van der Waals surface area (Å²) in [5.41, 5.74) is 6.84. The van der Waals surface area contributed by atoms with Crippen LogP contribution in [-0.4, -0.2) is 18.9 Å². The second-order valence-electron chi connectivity index (χ2n) is 3.23. The lowest BCUT2D eigenvalue weighted by Gasteiger charge is -1.96. The van der Waals surface area contributed by atoms with Gasteiger partial charge < -0.3 is 10.6 Å². The summed E-state index contributed by atoms with van der Waals surface area (Å²) in [5.74, 6) is 5.69. The van der Waals surface area contributed by atoms with E-state index in [1.807, 2.05) is 0 Å². The highest BCUT2D eigenvalue weighted by Gasteiger charge is 1.96. The molecule has 17 heavy (non-hydrogen) atoms. The van der Waals surface area contributed by atoms with Gasteiger partial charge in [0.05, 0.1) is 15.8 Å². The van der Waals surface area contributed by atoms with Crippen LogP contribution in [0.4, 0.5) is 0 Å². The van der Waals surface area contributed by atoms with Gasteiger partial charge in [-0.05, 0) is 25.1 Å². The summed E-state index contributed by atoms with van der Waals surface area (Å²) >= 11 is 11.6. The average molecular weight is 271 g/mol. The maximum atomic E-state index is 5.85. The van der Waals surface area contributed by atoms with Crippen molar-refractivity contribution in [2.24, 2.45) is 10.9 Å². The quantitative estimate of drug-likeness (QED) is 0.397. The van der Waals surface area contributed by atoms with Crippen LogP contribution in [-0.2, 0) is 4.84 Å². The fraction of sp³-hybridized carbons (Fsp3) is 0.250. The zero-order valence-corrected chi connectivity index (χ0v) is 10.8. The lowest BCUT2D eigenvalue weighted by atomic mass is 10.2. The Balaban J connectivity index is 2.52. The van der Waals surface area contributed by atoms with Crippen LogP contribution in [0.1, 0.15) is 12.5 Å². The van der Waals surface area contributed by atoms with Gasteiger partial charge in [0.15, 0.2) is 6.61 Å². The summed E-state index contributed by atoms with van der Waals surface area (Å²) < 4.78 is 0. The second kappa shape index (κ2) is 7.18. The molecule has 1 rings (SSSR count). The van der Waals surface area contributed by atoms with Crippen LogP contribution in [0.15, 0.2) is 23.4 Å². The van der Waals surface area contributed by atoms with Gasteiger partial charge >= 0.3 is 0 Å². The predicted octanol–water partition coefficient (Wildman–Crippen LogP) is 2.70. The molecule has 0 aliphatic rings. The molecule has 0 unspecified atom stereocenters. The van der Waals surface area contributed by atoms with Crippen molar-refractivity contribution in [3.05, 3.63) is 33.8 Å². The molecule has 0 saturated carbocycles. The summed E-state index contributed by atoms with van der Waals surface area (Å²) in [7, 11) is 0. The molecule has 2 N–H and O–H groups in total. The van der Waals surface area contributed by atoms with Crippen molar-refractivity contribution < 1.29 is 4.84 Å². The predicted molar refractivity (Wildman–Crippen MR) is 71.5 cm³/mol. The van der Waals surface area contributed by atoms with Gasteiger partial charge in [0, 0.05) is 12.1 Å². The average Bonchev–Trinajstić information content (AvgIpc) is 2.33. The number of nitrogens with two attached hydrogens (primary N) is 1. The lowest BCUT2D eigenvalue weighted by Crippen LogP contribution is -2.09. The molecule has 1 aromatic rings. The molecule has 0 radical (unpaired) electrons.